The summed E-state index contributed by atoms with van der Waals surface area (Å²) in [5, 5.41) is 6.79. The number of amides is 1. The number of carbonyl (C=O) groups excluding carboxylic acids is 2. The summed E-state index contributed by atoms with van der Waals surface area (Å²) >= 11 is 0. The van der Waals surface area contributed by atoms with E-state index in [1.54, 1.807) is 38.8 Å². The SMILES string of the molecule is COc1ccccc1CNC(=O)C(=O)c1c(C)nn(C)c1C. The first kappa shape index (κ1) is 15.8. The molecule has 1 amide bonds. The zero-order chi connectivity index (χ0) is 16.3. The van der Waals surface area contributed by atoms with E-state index in [9.17, 15) is 9.59 Å². The highest BCUT2D eigenvalue weighted by Gasteiger charge is 2.23. The van der Waals surface area contributed by atoms with Crippen molar-refractivity contribution in [3.63, 3.8) is 0 Å². The van der Waals surface area contributed by atoms with Crippen LogP contribution in [0, 0.1) is 13.8 Å². The number of aromatic nitrogens is 2. The van der Waals surface area contributed by atoms with Crippen LogP contribution in [0.3, 0.4) is 0 Å². The van der Waals surface area contributed by atoms with Gasteiger partial charge in [0.2, 0.25) is 0 Å². The van der Waals surface area contributed by atoms with Crippen LogP contribution in [0.2, 0.25) is 0 Å². The van der Waals surface area contributed by atoms with Crippen molar-refractivity contribution in [1.82, 2.24) is 15.1 Å². The maximum absolute atomic E-state index is 12.3. The van der Waals surface area contributed by atoms with Gasteiger partial charge in [-0.2, -0.15) is 5.10 Å². The van der Waals surface area contributed by atoms with Crippen LogP contribution in [0.25, 0.3) is 0 Å². The molecule has 0 spiro atoms. The van der Waals surface area contributed by atoms with Crippen LogP contribution in [0.4, 0.5) is 0 Å². The molecule has 0 aliphatic heterocycles. The number of aryl methyl sites for hydroxylation is 2. The Morgan fingerprint density at radius 1 is 1.27 bits per heavy atom. The summed E-state index contributed by atoms with van der Waals surface area (Å²) in [6, 6.07) is 7.34. The molecule has 1 aromatic carbocycles. The highest BCUT2D eigenvalue weighted by Crippen LogP contribution is 2.17. The third-order valence-corrected chi connectivity index (χ3v) is 3.57. The zero-order valence-electron chi connectivity index (χ0n) is 13.1. The minimum atomic E-state index is -0.648. The summed E-state index contributed by atoms with van der Waals surface area (Å²) < 4.78 is 6.81. The molecule has 0 saturated carbocycles. The van der Waals surface area contributed by atoms with E-state index >= 15 is 0 Å². The smallest absolute Gasteiger partial charge is 0.292 e. The summed E-state index contributed by atoms with van der Waals surface area (Å²) in [6.45, 7) is 3.71. The number of hydrogen-bond donors (Lipinski definition) is 1. The van der Waals surface area contributed by atoms with Crippen LogP contribution in [-0.2, 0) is 18.4 Å². The summed E-state index contributed by atoms with van der Waals surface area (Å²) in [7, 11) is 3.31. The van der Waals surface area contributed by atoms with Crippen LogP contribution in [0.5, 0.6) is 5.75 Å². The third kappa shape index (κ3) is 3.00. The molecular formula is C16H19N3O3. The van der Waals surface area contributed by atoms with Gasteiger partial charge in [0.25, 0.3) is 11.7 Å². The van der Waals surface area contributed by atoms with Gasteiger partial charge in [0.05, 0.1) is 18.4 Å². The van der Waals surface area contributed by atoms with Crippen molar-refractivity contribution in [2.45, 2.75) is 20.4 Å². The van der Waals surface area contributed by atoms with E-state index in [-0.39, 0.29) is 6.54 Å². The number of nitrogens with one attached hydrogen (secondary N) is 1. The molecule has 2 aromatic rings. The highest BCUT2D eigenvalue weighted by atomic mass is 16.5. The highest BCUT2D eigenvalue weighted by molar-refractivity contribution is 6.43. The standard InChI is InChI=1S/C16H19N3O3/c1-10-14(11(2)19(3)18-10)15(20)16(21)17-9-12-7-5-6-8-13(12)22-4/h5-8H,9H2,1-4H3,(H,17,21). The average Bonchev–Trinajstić information content (AvgIpc) is 2.77. The molecule has 0 bridgehead atoms. The van der Waals surface area contributed by atoms with Crippen molar-refractivity contribution < 1.29 is 14.3 Å². The molecule has 6 heteroatoms. The van der Waals surface area contributed by atoms with Crippen LogP contribution in [0.1, 0.15) is 27.3 Å². The number of ether oxygens (including phenoxy) is 1. The first-order valence-electron chi connectivity index (χ1n) is 6.90. The van der Waals surface area contributed by atoms with E-state index in [0.717, 1.165) is 5.56 Å². The third-order valence-electron chi connectivity index (χ3n) is 3.57. The number of carbonyl (C=O) groups is 2. The van der Waals surface area contributed by atoms with Gasteiger partial charge in [-0.3, -0.25) is 14.3 Å². The molecule has 22 heavy (non-hydrogen) atoms. The lowest BCUT2D eigenvalue weighted by molar-refractivity contribution is -0.117. The largest absolute Gasteiger partial charge is 0.496 e. The molecule has 0 aliphatic rings. The molecule has 0 atom stereocenters. The van der Waals surface area contributed by atoms with Gasteiger partial charge < -0.3 is 10.1 Å². The second-order valence-corrected chi connectivity index (χ2v) is 4.99. The monoisotopic (exact) mass is 301 g/mol. The lowest BCUT2D eigenvalue weighted by atomic mass is 10.1. The Bertz CT molecular complexity index is 719. The summed E-state index contributed by atoms with van der Waals surface area (Å²) in [4.78, 5) is 24.4. The number of para-hydroxylation sites is 1. The van der Waals surface area contributed by atoms with E-state index in [1.165, 1.54) is 0 Å². The Morgan fingerprint density at radius 2 is 1.95 bits per heavy atom. The van der Waals surface area contributed by atoms with Gasteiger partial charge in [-0.15, -0.1) is 0 Å². The molecule has 2 rings (SSSR count). The number of ketones is 1. The zero-order valence-corrected chi connectivity index (χ0v) is 13.1. The van der Waals surface area contributed by atoms with Gasteiger partial charge in [0.15, 0.2) is 0 Å². The fourth-order valence-corrected chi connectivity index (χ4v) is 2.32. The Hall–Kier alpha value is -2.63. The second kappa shape index (κ2) is 6.43. The van der Waals surface area contributed by atoms with E-state index in [0.29, 0.717) is 22.7 Å². The molecule has 1 heterocycles. The van der Waals surface area contributed by atoms with Crippen molar-refractivity contribution in [2.75, 3.05) is 7.11 Å². The fourth-order valence-electron chi connectivity index (χ4n) is 2.32. The molecular weight excluding hydrogens is 282 g/mol. The van der Waals surface area contributed by atoms with Crippen LogP contribution >= 0.6 is 0 Å². The number of hydrogen-bond acceptors (Lipinski definition) is 4. The van der Waals surface area contributed by atoms with Crippen molar-refractivity contribution in [3.05, 3.63) is 46.8 Å². The number of rotatable bonds is 5. The molecule has 0 saturated heterocycles. The number of methoxy groups -OCH3 is 1. The maximum atomic E-state index is 12.3. The number of nitrogens with zero attached hydrogens (tertiary/aromatic N) is 2. The van der Waals surface area contributed by atoms with Crippen molar-refractivity contribution >= 4 is 11.7 Å². The predicted molar refractivity (Wildman–Crippen MR) is 81.9 cm³/mol. The Kier molecular flexibility index (Phi) is 4.60. The summed E-state index contributed by atoms with van der Waals surface area (Å²) in [6.07, 6.45) is 0. The molecule has 0 aliphatic carbocycles. The summed E-state index contributed by atoms with van der Waals surface area (Å²) in [5.41, 5.74) is 2.40. The van der Waals surface area contributed by atoms with Crippen molar-refractivity contribution in [2.24, 2.45) is 7.05 Å². The Balaban J connectivity index is 2.11. The minimum absolute atomic E-state index is 0.229. The maximum Gasteiger partial charge on any atom is 0.292 e. The fraction of sp³-hybridized carbons (Fsp3) is 0.312. The Morgan fingerprint density at radius 3 is 2.55 bits per heavy atom. The predicted octanol–water partition coefficient (Wildman–Crippen LogP) is 1.54. The molecule has 116 valence electrons. The van der Waals surface area contributed by atoms with E-state index < -0.39 is 11.7 Å². The van der Waals surface area contributed by atoms with Crippen molar-refractivity contribution in [1.29, 1.82) is 0 Å². The minimum Gasteiger partial charge on any atom is -0.496 e. The molecule has 1 N–H and O–H groups in total. The van der Waals surface area contributed by atoms with Gasteiger partial charge in [0, 0.05) is 24.8 Å². The van der Waals surface area contributed by atoms with Crippen LogP contribution in [-0.4, -0.2) is 28.6 Å². The quantitative estimate of drug-likeness (QED) is 0.671. The first-order valence-corrected chi connectivity index (χ1v) is 6.90. The lowest BCUT2D eigenvalue weighted by Gasteiger charge is -2.09. The van der Waals surface area contributed by atoms with Gasteiger partial charge in [-0.05, 0) is 19.9 Å². The van der Waals surface area contributed by atoms with Gasteiger partial charge in [0.1, 0.15) is 5.75 Å². The summed E-state index contributed by atoms with van der Waals surface area (Å²) in [5.74, 6) is -0.549. The van der Waals surface area contributed by atoms with Crippen LogP contribution < -0.4 is 10.1 Å². The molecule has 6 nitrogen and oxygen atoms in total. The number of benzene rings is 1. The van der Waals surface area contributed by atoms with E-state index in [2.05, 4.69) is 10.4 Å². The normalized spacial score (nSPS) is 10.4. The molecule has 0 fully saturated rings. The van der Waals surface area contributed by atoms with Gasteiger partial charge in [-0.25, -0.2) is 0 Å². The van der Waals surface area contributed by atoms with E-state index in [4.69, 9.17) is 4.74 Å². The average molecular weight is 301 g/mol. The number of Topliss-reactive ketones (excluding diaryl/α,β-unsaturated/α-hetero) is 1. The molecule has 1 aromatic heterocycles. The molecule has 0 unspecified atom stereocenters. The van der Waals surface area contributed by atoms with Crippen LogP contribution in [0.15, 0.2) is 24.3 Å². The van der Waals surface area contributed by atoms with Gasteiger partial charge >= 0.3 is 0 Å². The second-order valence-electron chi connectivity index (χ2n) is 4.99. The lowest BCUT2D eigenvalue weighted by Crippen LogP contribution is -2.31. The Labute approximate surface area is 129 Å². The topological polar surface area (TPSA) is 73.2 Å². The van der Waals surface area contributed by atoms with Gasteiger partial charge in [-0.1, -0.05) is 18.2 Å². The van der Waals surface area contributed by atoms with E-state index in [1.807, 2.05) is 18.2 Å². The molecule has 0 radical (unpaired) electrons. The first-order chi connectivity index (χ1) is 10.5. The van der Waals surface area contributed by atoms with Crippen molar-refractivity contribution in [3.8, 4) is 5.75 Å².